The van der Waals surface area contributed by atoms with Crippen molar-refractivity contribution in [2.24, 2.45) is 0 Å². The monoisotopic (exact) mass is 419 g/mol. The van der Waals surface area contributed by atoms with Crippen LogP contribution in [-0.2, 0) is 17.8 Å². The van der Waals surface area contributed by atoms with E-state index in [0.29, 0.717) is 29.6 Å². The standard InChI is InChI=1S/C21H20ClF2N3O2/c1-29-11-10-27(21(28)15-4-2-5-16(23)12-15)14-20-25-8-9-26(20)13-17-18(22)6-3-7-19(17)24/h2-9,12H,10-11,13-14H2,1H3. The Morgan fingerprint density at radius 2 is 2.03 bits per heavy atom. The van der Waals surface area contributed by atoms with Gasteiger partial charge in [-0.25, -0.2) is 13.8 Å². The second kappa shape index (κ2) is 9.62. The third-order valence-electron chi connectivity index (χ3n) is 4.45. The molecule has 3 rings (SSSR count). The molecule has 0 spiro atoms. The van der Waals surface area contributed by atoms with E-state index in [0.717, 1.165) is 0 Å². The van der Waals surface area contributed by atoms with Crippen molar-refractivity contribution in [3.05, 3.63) is 88.5 Å². The maximum absolute atomic E-state index is 14.2. The maximum Gasteiger partial charge on any atom is 0.254 e. The average molecular weight is 420 g/mol. The van der Waals surface area contributed by atoms with Crippen molar-refractivity contribution in [1.29, 1.82) is 0 Å². The molecule has 0 atom stereocenters. The molecule has 0 aliphatic rings. The van der Waals surface area contributed by atoms with Crippen molar-refractivity contribution < 1.29 is 18.3 Å². The smallest absolute Gasteiger partial charge is 0.254 e. The van der Waals surface area contributed by atoms with Crippen LogP contribution >= 0.6 is 11.6 Å². The quantitative estimate of drug-likeness (QED) is 0.551. The average Bonchev–Trinajstić information content (AvgIpc) is 3.14. The third kappa shape index (κ3) is 5.19. The number of rotatable bonds is 8. The molecule has 1 heterocycles. The van der Waals surface area contributed by atoms with E-state index in [1.54, 1.807) is 35.2 Å². The van der Waals surface area contributed by atoms with Gasteiger partial charge in [0.05, 0.1) is 19.7 Å². The van der Waals surface area contributed by atoms with Gasteiger partial charge >= 0.3 is 0 Å². The molecule has 5 nitrogen and oxygen atoms in total. The van der Waals surface area contributed by atoms with E-state index in [1.807, 2.05) is 0 Å². The number of benzene rings is 2. The zero-order chi connectivity index (χ0) is 20.8. The number of ether oxygens (including phenoxy) is 1. The van der Waals surface area contributed by atoms with Gasteiger partial charge in [-0.1, -0.05) is 23.7 Å². The predicted molar refractivity (Wildman–Crippen MR) is 106 cm³/mol. The van der Waals surface area contributed by atoms with E-state index in [1.165, 1.54) is 36.3 Å². The van der Waals surface area contributed by atoms with Gasteiger partial charge in [-0.3, -0.25) is 4.79 Å². The summed E-state index contributed by atoms with van der Waals surface area (Å²) >= 11 is 6.13. The topological polar surface area (TPSA) is 47.4 Å². The van der Waals surface area contributed by atoms with Gasteiger partial charge in [0.15, 0.2) is 0 Å². The van der Waals surface area contributed by atoms with E-state index >= 15 is 0 Å². The molecule has 0 fully saturated rings. The summed E-state index contributed by atoms with van der Waals surface area (Å²) in [5.74, 6) is -0.701. The first-order valence-corrected chi connectivity index (χ1v) is 9.34. The molecule has 8 heteroatoms. The van der Waals surface area contributed by atoms with Gasteiger partial charge in [-0.05, 0) is 30.3 Å². The lowest BCUT2D eigenvalue weighted by molar-refractivity contribution is 0.0673. The molecular weight excluding hydrogens is 400 g/mol. The Morgan fingerprint density at radius 1 is 1.24 bits per heavy atom. The second-order valence-electron chi connectivity index (χ2n) is 6.40. The Balaban J connectivity index is 1.84. The van der Waals surface area contributed by atoms with Crippen LogP contribution in [0.3, 0.4) is 0 Å². The van der Waals surface area contributed by atoms with E-state index in [-0.39, 0.29) is 24.6 Å². The van der Waals surface area contributed by atoms with Crippen molar-refractivity contribution in [3.8, 4) is 0 Å². The Morgan fingerprint density at radius 3 is 2.76 bits per heavy atom. The Hall–Kier alpha value is -2.77. The highest BCUT2D eigenvalue weighted by Crippen LogP contribution is 2.21. The van der Waals surface area contributed by atoms with Crippen molar-refractivity contribution in [2.45, 2.75) is 13.1 Å². The van der Waals surface area contributed by atoms with Crippen molar-refractivity contribution >= 4 is 17.5 Å². The molecule has 3 aromatic rings. The molecule has 0 bridgehead atoms. The lowest BCUT2D eigenvalue weighted by atomic mass is 10.2. The number of halogens is 3. The molecule has 1 aromatic heterocycles. The van der Waals surface area contributed by atoms with Gasteiger partial charge in [-0.2, -0.15) is 0 Å². The number of carbonyl (C=O) groups excluding carboxylic acids is 1. The normalized spacial score (nSPS) is 10.9. The summed E-state index contributed by atoms with van der Waals surface area (Å²) in [4.78, 5) is 18.7. The molecule has 2 aromatic carbocycles. The molecule has 0 saturated carbocycles. The molecular formula is C21H20ClF2N3O2. The van der Waals surface area contributed by atoms with Gasteiger partial charge < -0.3 is 14.2 Å². The lowest BCUT2D eigenvalue weighted by Gasteiger charge is -2.23. The van der Waals surface area contributed by atoms with Crippen LogP contribution in [0, 0.1) is 11.6 Å². The van der Waals surface area contributed by atoms with Gasteiger partial charge in [0.1, 0.15) is 17.5 Å². The summed E-state index contributed by atoms with van der Waals surface area (Å²) in [6.45, 7) is 0.922. The molecule has 0 aliphatic heterocycles. The van der Waals surface area contributed by atoms with Crippen LogP contribution in [0.15, 0.2) is 54.9 Å². The third-order valence-corrected chi connectivity index (χ3v) is 4.80. The maximum atomic E-state index is 14.2. The lowest BCUT2D eigenvalue weighted by Crippen LogP contribution is -2.34. The summed E-state index contributed by atoms with van der Waals surface area (Å²) in [7, 11) is 1.53. The van der Waals surface area contributed by atoms with Crippen LogP contribution in [0.25, 0.3) is 0 Å². The minimum absolute atomic E-state index is 0.151. The van der Waals surface area contributed by atoms with Gasteiger partial charge in [0, 0.05) is 42.2 Å². The van der Waals surface area contributed by atoms with Crippen molar-refractivity contribution in [3.63, 3.8) is 0 Å². The molecule has 0 saturated heterocycles. The minimum atomic E-state index is -0.488. The van der Waals surface area contributed by atoms with Crippen molar-refractivity contribution in [1.82, 2.24) is 14.5 Å². The first-order valence-electron chi connectivity index (χ1n) is 8.96. The van der Waals surface area contributed by atoms with E-state index in [9.17, 15) is 13.6 Å². The van der Waals surface area contributed by atoms with Gasteiger partial charge in [-0.15, -0.1) is 0 Å². The van der Waals surface area contributed by atoms with Gasteiger partial charge in [0.25, 0.3) is 5.91 Å². The Kier molecular flexibility index (Phi) is 6.95. The number of hydrogen-bond donors (Lipinski definition) is 0. The predicted octanol–water partition coefficient (Wildman–Crippen LogP) is 4.15. The van der Waals surface area contributed by atoms with Crippen LogP contribution in [0.5, 0.6) is 0 Å². The zero-order valence-corrected chi connectivity index (χ0v) is 16.6. The summed E-state index contributed by atoms with van der Waals surface area (Å²) in [5, 5.41) is 0.316. The van der Waals surface area contributed by atoms with Crippen LogP contribution in [0.4, 0.5) is 8.78 Å². The van der Waals surface area contributed by atoms with Crippen LogP contribution in [-0.4, -0.2) is 40.6 Å². The molecule has 0 N–H and O–H groups in total. The van der Waals surface area contributed by atoms with Crippen LogP contribution in [0.1, 0.15) is 21.7 Å². The fraction of sp³-hybridized carbons (Fsp3) is 0.238. The van der Waals surface area contributed by atoms with E-state index in [2.05, 4.69) is 4.98 Å². The summed E-state index contributed by atoms with van der Waals surface area (Å²) in [6, 6.07) is 10.0. The van der Waals surface area contributed by atoms with E-state index < -0.39 is 11.6 Å². The Labute approximate surface area is 172 Å². The second-order valence-corrected chi connectivity index (χ2v) is 6.81. The summed E-state index contributed by atoms with van der Waals surface area (Å²) in [6.07, 6.45) is 3.27. The zero-order valence-electron chi connectivity index (χ0n) is 15.8. The number of imidazole rings is 1. The fourth-order valence-electron chi connectivity index (χ4n) is 2.92. The number of aromatic nitrogens is 2. The number of methoxy groups -OCH3 is 1. The van der Waals surface area contributed by atoms with Crippen LogP contribution < -0.4 is 0 Å². The summed E-state index contributed by atoms with van der Waals surface area (Å²) in [5.41, 5.74) is 0.574. The fourth-order valence-corrected chi connectivity index (χ4v) is 3.14. The Bertz CT molecular complexity index is 973. The molecule has 0 radical (unpaired) electrons. The molecule has 1 amide bonds. The number of hydrogen-bond acceptors (Lipinski definition) is 3. The first-order chi connectivity index (χ1) is 14.0. The largest absolute Gasteiger partial charge is 0.383 e. The minimum Gasteiger partial charge on any atom is -0.383 e. The highest BCUT2D eigenvalue weighted by Gasteiger charge is 2.19. The highest BCUT2D eigenvalue weighted by atomic mass is 35.5. The molecule has 0 aliphatic carbocycles. The van der Waals surface area contributed by atoms with Gasteiger partial charge in [0.2, 0.25) is 0 Å². The molecule has 152 valence electrons. The number of nitrogens with zero attached hydrogens (tertiary/aromatic N) is 3. The highest BCUT2D eigenvalue weighted by molar-refractivity contribution is 6.31. The van der Waals surface area contributed by atoms with Crippen LogP contribution in [0.2, 0.25) is 5.02 Å². The van der Waals surface area contributed by atoms with E-state index in [4.69, 9.17) is 16.3 Å². The summed E-state index contributed by atoms with van der Waals surface area (Å²) < 4.78 is 34.5. The SMILES string of the molecule is COCCN(Cc1nccn1Cc1c(F)cccc1Cl)C(=O)c1cccc(F)c1. The molecule has 0 unspecified atom stereocenters. The molecule has 29 heavy (non-hydrogen) atoms. The number of carbonyl (C=O) groups is 1. The first kappa shape index (κ1) is 21.0. The van der Waals surface area contributed by atoms with Crippen molar-refractivity contribution in [2.75, 3.05) is 20.3 Å². The number of amides is 1.